The van der Waals surface area contributed by atoms with Crippen molar-refractivity contribution in [2.75, 3.05) is 14.1 Å². The van der Waals surface area contributed by atoms with Crippen molar-refractivity contribution in [3.63, 3.8) is 0 Å². The summed E-state index contributed by atoms with van der Waals surface area (Å²) in [7, 11) is 2.93. The molecule has 0 radical (unpaired) electrons. The lowest BCUT2D eigenvalue weighted by Crippen LogP contribution is -2.22. The van der Waals surface area contributed by atoms with Crippen molar-refractivity contribution in [1.29, 1.82) is 0 Å². The Bertz CT molecular complexity index is 830. The van der Waals surface area contributed by atoms with Crippen LogP contribution in [0.3, 0.4) is 0 Å². The highest BCUT2D eigenvalue weighted by atomic mass is 19.4. The van der Waals surface area contributed by atoms with Crippen molar-refractivity contribution < 1.29 is 22.8 Å². The summed E-state index contributed by atoms with van der Waals surface area (Å²) in [6.07, 6.45) is -4.51. The van der Waals surface area contributed by atoms with Crippen LogP contribution >= 0.6 is 0 Å². The molecule has 0 saturated carbocycles. The first-order valence-electron chi connectivity index (χ1n) is 8.20. The summed E-state index contributed by atoms with van der Waals surface area (Å²) in [6, 6.07) is 9.41. The number of hydrogen-bond donors (Lipinski definition) is 2. The molecule has 0 bridgehead atoms. The summed E-state index contributed by atoms with van der Waals surface area (Å²) in [6.45, 7) is 5.50. The summed E-state index contributed by atoms with van der Waals surface area (Å²) < 4.78 is 37.6. The second kappa shape index (κ2) is 9.21. The second-order valence-corrected chi connectivity index (χ2v) is 6.02. The van der Waals surface area contributed by atoms with Crippen molar-refractivity contribution in [3.8, 4) is 0 Å². The minimum atomic E-state index is -4.51. The average molecular weight is 380 g/mol. The van der Waals surface area contributed by atoms with E-state index in [4.69, 9.17) is 0 Å². The van der Waals surface area contributed by atoms with Crippen molar-refractivity contribution in [2.24, 2.45) is 0 Å². The topological polar surface area (TPSA) is 58.2 Å². The molecule has 0 fully saturated rings. The highest BCUT2D eigenvalue weighted by Crippen LogP contribution is 2.32. The molecule has 27 heavy (non-hydrogen) atoms. The smallest absolute Gasteiger partial charge is 0.355 e. The molecule has 0 aliphatic rings. The van der Waals surface area contributed by atoms with Crippen LogP contribution in [0.5, 0.6) is 0 Å². The largest absolute Gasteiger partial charge is 0.417 e. The maximum atomic E-state index is 12.5. The number of carbonyl (C=O) groups excluding carboxylic acids is 2. The fourth-order valence-electron chi connectivity index (χ4n) is 2.43. The molecule has 0 aliphatic carbocycles. The third kappa shape index (κ3) is 6.13. The molecule has 2 N–H and O–H groups in total. The van der Waals surface area contributed by atoms with Gasteiger partial charge in [-0.15, -0.1) is 0 Å². The molecule has 4 nitrogen and oxygen atoms in total. The number of halogens is 3. The Morgan fingerprint density at radius 3 is 1.67 bits per heavy atom. The third-order valence-electron chi connectivity index (χ3n) is 3.81. The Morgan fingerprint density at radius 2 is 1.22 bits per heavy atom. The molecule has 146 valence electrons. The van der Waals surface area contributed by atoms with Crippen molar-refractivity contribution in [3.05, 3.63) is 69.8 Å². The number of benzene rings is 2. The van der Waals surface area contributed by atoms with E-state index in [1.807, 2.05) is 32.0 Å². The maximum absolute atomic E-state index is 12.5. The molecule has 0 unspecified atom stereocenters. The van der Waals surface area contributed by atoms with Gasteiger partial charge in [0.1, 0.15) is 0 Å². The van der Waals surface area contributed by atoms with Gasteiger partial charge in [0.2, 0.25) is 0 Å². The lowest BCUT2D eigenvalue weighted by molar-refractivity contribution is -0.138. The van der Waals surface area contributed by atoms with Crippen LogP contribution in [0.25, 0.3) is 0 Å². The minimum absolute atomic E-state index is 0.0208. The van der Waals surface area contributed by atoms with Gasteiger partial charge < -0.3 is 10.6 Å². The van der Waals surface area contributed by atoms with E-state index < -0.39 is 17.6 Å². The number of amides is 2. The van der Waals surface area contributed by atoms with Crippen molar-refractivity contribution in [1.82, 2.24) is 10.6 Å². The van der Waals surface area contributed by atoms with Crippen LogP contribution in [-0.4, -0.2) is 25.9 Å². The first kappa shape index (κ1) is 22.2. The third-order valence-corrected chi connectivity index (χ3v) is 3.81. The van der Waals surface area contributed by atoms with Gasteiger partial charge in [0.15, 0.2) is 0 Å². The number of nitrogens with one attached hydrogen (secondary N) is 2. The average Bonchev–Trinajstić information content (AvgIpc) is 2.60. The Kier molecular flexibility index (Phi) is 7.57. The highest BCUT2D eigenvalue weighted by molar-refractivity contribution is 5.96. The SMILES string of the molecule is CNC(=O)c1ccc(C)cc1C.CNC(=O)c1ccc(C)cc1C(F)(F)F. The van der Waals surface area contributed by atoms with Gasteiger partial charge in [0.25, 0.3) is 11.8 Å². The zero-order chi connectivity index (χ0) is 20.8. The molecular weight excluding hydrogens is 357 g/mol. The predicted molar refractivity (Wildman–Crippen MR) is 98.9 cm³/mol. The summed E-state index contributed by atoms with van der Waals surface area (Å²) in [5, 5.41) is 4.78. The predicted octanol–water partition coefficient (Wildman–Crippen LogP) is 4.04. The standard InChI is InChI=1S/C10H10F3NO.C10H13NO/c1-6-3-4-7(9(15)14-2)8(5-6)10(11,12)13;1-7-4-5-9(8(2)6-7)10(12)11-3/h3-5H,1-2H3,(H,14,15);4-6H,1-3H3,(H,11,12). The Labute approximate surface area is 156 Å². The van der Waals surface area contributed by atoms with Crippen LogP contribution in [0.4, 0.5) is 13.2 Å². The molecule has 2 aromatic carbocycles. The molecular formula is C20H23F3N2O2. The highest BCUT2D eigenvalue weighted by Gasteiger charge is 2.34. The summed E-state index contributed by atoms with van der Waals surface area (Å²) in [5.74, 6) is -0.755. The van der Waals surface area contributed by atoms with Crippen LogP contribution in [-0.2, 0) is 6.18 Å². The van der Waals surface area contributed by atoms with E-state index in [-0.39, 0.29) is 11.5 Å². The lowest BCUT2D eigenvalue weighted by atomic mass is 10.0. The van der Waals surface area contributed by atoms with Crippen molar-refractivity contribution in [2.45, 2.75) is 26.9 Å². The fraction of sp³-hybridized carbons (Fsp3) is 0.300. The number of aryl methyl sites for hydroxylation is 3. The van der Waals surface area contributed by atoms with Crippen LogP contribution in [0.2, 0.25) is 0 Å². The van der Waals surface area contributed by atoms with Gasteiger partial charge >= 0.3 is 6.18 Å². The lowest BCUT2D eigenvalue weighted by Gasteiger charge is -2.12. The minimum Gasteiger partial charge on any atom is -0.355 e. The molecule has 0 atom stereocenters. The Hall–Kier alpha value is -2.83. The van der Waals surface area contributed by atoms with Crippen LogP contribution < -0.4 is 10.6 Å². The second-order valence-electron chi connectivity index (χ2n) is 6.02. The molecule has 0 spiro atoms. The molecule has 2 aromatic rings. The van der Waals surface area contributed by atoms with E-state index in [0.29, 0.717) is 5.56 Å². The van der Waals surface area contributed by atoms with Crippen LogP contribution in [0, 0.1) is 20.8 Å². The number of alkyl halides is 3. The zero-order valence-corrected chi connectivity index (χ0v) is 15.9. The quantitative estimate of drug-likeness (QED) is 0.826. The molecule has 0 heterocycles. The van der Waals surface area contributed by atoms with E-state index in [0.717, 1.165) is 17.2 Å². The summed E-state index contributed by atoms with van der Waals surface area (Å²) >= 11 is 0. The van der Waals surface area contributed by atoms with E-state index in [1.165, 1.54) is 24.7 Å². The number of hydrogen-bond acceptors (Lipinski definition) is 2. The molecule has 0 saturated heterocycles. The monoisotopic (exact) mass is 380 g/mol. The molecule has 2 rings (SSSR count). The van der Waals surface area contributed by atoms with Crippen LogP contribution in [0.1, 0.15) is 43.0 Å². The molecule has 7 heteroatoms. The normalized spacial score (nSPS) is 10.5. The zero-order valence-electron chi connectivity index (χ0n) is 15.9. The van der Waals surface area contributed by atoms with E-state index in [2.05, 4.69) is 10.6 Å². The van der Waals surface area contributed by atoms with Crippen LogP contribution in [0.15, 0.2) is 36.4 Å². The number of rotatable bonds is 2. The Morgan fingerprint density at radius 1 is 0.778 bits per heavy atom. The van der Waals surface area contributed by atoms with Gasteiger partial charge in [0.05, 0.1) is 11.1 Å². The van der Waals surface area contributed by atoms with Gasteiger partial charge in [-0.3, -0.25) is 9.59 Å². The van der Waals surface area contributed by atoms with E-state index in [9.17, 15) is 22.8 Å². The molecule has 0 aromatic heterocycles. The summed E-state index contributed by atoms with van der Waals surface area (Å²) in [5.41, 5.74) is 2.17. The van der Waals surface area contributed by atoms with E-state index >= 15 is 0 Å². The van der Waals surface area contributed by atoms with Gasteiger partial charge in [-0.25, -0.2) is 0 Å². The van der Waals surface area contributed by atoms with Gasteiger partial charge in [-0.05, 0) is 44.5 Å². The van der Waals surface area contributed by atoms with Crippen molar-refractivity contribution >= 4 is 11.8 Å². The fourth-order valence-corrected chi connectivity index (χ4v) is 2.43. The number of carbonyl (C=O) groups is 2. The molecule has 2 amide bonds. The van der Waals surface area contributed by atoms with Gasteiger partial charge in [0, 0.05) is 19.7 Å². The first-order chi connectivity index (χ1) is 12.5. The van der Waals surface area contributed by atoms with Gasteiger partial charge in [-0.2, -0.15) is 13.2 Å². The van der Waals surface area contributed by atoms with Gasteiger partial charge in [-0.1, -0.05) is 29.3 Å². The molecule has 0 aliphatic heterocycles. The Balaban J connectivity index is 0.000000277. The summed E-state index contributed by atoms with van der Waals surface area (Å²) in [4.78, 5) is 22.4. The van der Waals surface area contributed by atoms with E-state index in [1.54, 1.807) is 14.0 Å². The maximum Gasteiger partial charge on any atom is 0.417 e. The first-order valence-corrected chi connectivity index (χ1v) is 8.20.